The average molecular weight is 436 g/mol. The predicted octanol–water partition coefficient (Wildman–Crippen LogP) is 3.63. The summed E-state index contributed by atoms with van der Waals surface area (Å²) >= 11 is 1.64. The number of thioether (sulfide) groups is 1. The molecule has 3 aromatic rings. The van der Waals surface area contributed by atoms with Crippen LogP contribution in [0.3, 0.4) is 0 Å². The molecule has 160 valence electrons. The zero-order valence-electron chi connectivity index (χ0n) is 17.2. The first-order chi connectivity index (χ1) is 15.1. The van der Waals surface area contributed by atoms with E-state index >= 15 is 0 Å². The molecule has 2 heterocycles. The molecule has 1 aliphatic rings. The van der Waals surface area contributed by atoms with Crippen molar-refractivity contribution in [3.63, 3.8) is 0 Å². The first kappa shape index (κ1) is 21.1. The lowest BCUT2D eigenvalue weighted by Gasteiger charge is -2.30. The van der Waals surface area contributed by atoms with Gasteiger partial charge in [-0.25, -0.2) is 4.68 Å². The summed E-state index contributed by atoms with van der Waals surface area (Å²) in [6.07, 6.45) is 0.247. The van der Waals surface area contributed by atoms with Crippen LogP contribution in [0.25, 0.3) is 11.3 Å². The van der Waals surface area contributed by atoms with Gasteiger partial charge in [-0.3, -0.25) is 14.9 Å². The van der Waals surface area contributed by atoms with Crippen molar-refractivity contribution in [3.05, 3.63) is 66.7 Å². The van der Waals surface area contributed by atoms with Gasteiger partial charge in [-0.2, -0.15) is 5.10 Å². The number of nitrogens with zero attached hydrogens (tertiary/aromatic N) is 2. The van der Waals surface area contributed by atoms with E-state index in [0.717, 1.165) is 16.2 Å². The van der Waals surface area contributed by atoms with Crippen LogP contribution in [0.5, 0.6) is 0 Å². The van der Waals surface area contributed by atoms with E-state index < -0.39 is 6.29 Å². The minimum Gasteiger partial charge on any atom is -0.322 e. The minimum absolute atomic E-state index is 0.00829. The molecule has 0 bridgehead atoms. The zero-order chi connectivity index (χ0) is 21.6. The number of benzene rings is 2. The van der Waals surface area contributed by atoms with Crippen molar-refractivity contribution in [2.24, 2.45) is 0 Å². The second-order valence-corrected chi connectivity index (χ2v) is 8.60. The average Bonchev–Trinajstić information content (AvgIpc) is 3.18. The number of nitrogens with one attached hydrogen (secondary N) is 3. The summed E-state index contributed by atoms with van der Waals surface area (Å²) in [6.45, 7) is 1.95. The molecule has 2 unspecified atom stereocenters. The van der Waals surface area contributed by atoms with E-state index in [0.29, 0.717) is 24.4 Å². The summed E-state index contributed by atoms with van der Waals surface area (Å²) in [6, 6.07) is 21.6. The highest BCUT2D eigenvalue weighted by Crippen LogP contribution is 2.25. The molecule has 1 fully saturated rings. The van der Waals surface area contributed by atoms with E-state index in [-0.39, 0.29) is 17.9 Å². The number of hydrogen-bond acceptors (Lipinski definition) is 5. The maximum Gasteiger partial charge on any atom is 0.226 e. The van der Waals surface area contributed by atoms with Crippen molar-refractivity contribution in [2.75, 3.05) is 11.1 Å². The lowest BCUT2D eigenvalue weighted by molar-refractivity contribution is -0.125. The van der Waals surface area contributed by atoms with Crippen LogP contribution in [0.15, 0.2) is 71.6 Å². The van der Waals surface area contributed by atoms with Crippen molar-refractivity contribution in [1.82, 2.24) is 20.4 Å². The highest BCUT2D eigenvalue weighted by atomic mass is 32.2. The smallest absolute Gasteiger partial charge is 0.226 e. The highest BCUT2D eigenvalue weighted by Gasteiger charge is 2.27. The van der Waals surface area contributed by atoms with Gasteiger partial charge in [0.25, 0.3) is 0 Å². The van der Waals surface area contributed by atoms with Crippen LogP contribution in [-0.2, 0) is 9.59 Å². The number of amides is 2. The number of anilines is 1. The number of carbonyl (C=O) groups is 2. The SMILES string of the molecule is CC1CC(=O)NC(n2nc(-c3ccccc3)cc2NC(=O)CCSc2ccccc2)N1. The highest BCUT2D eigenvalue weighted by molar-refractivity contribution is 7.99. The molecule has 31 heavy (non-hydrogen) atoms. The Balaban J connectivity index is 1.50. The molecule has 7 nitrogen and oxygen atoms in total. The van der Waals surface area contributed by atoms with E-state index in [1.807, 2.05) is 73.7 Å². The van der Waals surface area contributed by atoms with Gasteiger partial charge in [0.1, 0.15) is 5.82 Å². The van der Waals surface area contributed by atoms with Crippen molar-refractivity contribution in [2.45, 2.75) is 37.0 Å². The molecule has 0 aliphatic carbocycles. The summed E-state index contributed by atoms with van der Waals surface area (Å²) in [5.74, 6) is 1.06. The Morgan fingerprint density at radius 1 is 1.16 bits per heavy atom. The van der Waals surface area contributed by atoms with Crippen LogP contribution >= 0.6 is 11.8 Å². The molecule has 3 N–H and O–H groups in total. The molecule has 2 atom stereocenters. The number of carbonyl (C=O) groups excluding carboxylic acids is 2. The van der Waals surface area contributed by atoms with Crippen molar-refractivity contribution in [1.29, 1.82) is 0 Å². The van der Waals surface area contributed by atoms with Crippen LogP contribution in [0, 0.1) is 0 Å². The normalized spacial score (nSPS) is 18.4. The Morgan fingerprint density at radius 3 is 2.58 bits per heavy atom. The molecular weight excluding hydrogens is 410 g/mol. The Hall–Kier alpha value is -3.10. The lowest BCUT2D eigenvalue weighted by Crippen LogP contribution is -2.52. The van der Waals surface area contributed by atoms with Crippen molar-refractivity contribution in [3.8, 4) is 11.3 Å². The molecule has 2 aromatic carbocycles. The largest absolute Gasteiger partial charge is 0.322 e. The molecule has 8 heteroatoms. The molecule has 4 rings (SSSR count). The van der Waals surface area contributed by atoms with Crippen LogP contribution < -0.4 is 16.0 Å². The maximum absolute atomic E-state index is 12.6. The van der Waals surface area contributed by atoms with Crippen molar-refractivity contribution >= 4 is 29.4 Å². The predicted molar refractivity (Wildman–Crippen MR) is 122 cm³/mol. The zero-order valence-corrected chi connectivity index (χ0v) is 18.1. The van der Waals surface area contributed by atoms with Crippen LogP contribution in [-0.4, -0.2) is 33.4 Å². The Bertz CT molecular complexity index is 1040. The number of aromatic nitrogens is 2. The molecule has 2 amide bonds. The Morgan fingerprint density at radius 2 is 1.87 bits per heavy atom. The van der Waals surface area contributed by atoms with Gasteiger partial charge in [0.05, 0.1) is 5.69 Å². The number of rotatable bonds is 7. The fourth-order valence-corrected chi connectivity index (χ4v) is 4.28. The Labute approximate surface area is 185 Å². The summed E-state index contributed by atoms with van der Waals surface area (Å²) in [7, 11) is 0. The molecule has 0 radical (unpaired) electrons. The maximum atomic E-state index is 12.6. The molecule has 1 saturated heterocycles. The second kappa shape index (κ2) is 9.80. The minimum atomic E-state index is -0.525. The molecule has 0 saturated carbocycles. The Kier molecular flexibility index (Phi) is 6.69. The van der Waals surface area contributed by atoms with Crippen LogP contribution in [0.2, 0.25) is 0 Å². The quantitative estimate of drug-likeness (QED) is 0.493. The first-order valence-electron chi connectivity index (χ1n) is 10.3. The van der Waals surface area contributed by atoms with Gasteiger partial charge >= 0.3 is 0 Å². The van der Waals surface area contributed by atoms with Crippen LogP contribution in [0.1, 0.15) is 26.1 Å². The molecule has 1 aromatic heterocycles. The van der Waals surface area contributed by atoms with Crippen LogP contribution in [0.4, 0.5) is 5.82 Å². The standard InChI is InChI=1S/C23H25N5O2S/c1-16-14-22(30)26-23(24-16)28-20(15-19(27-28)17-8-4-2-5-9-17)25-21(29)12-13-31-18-10-6-3-7-11-18/h2-11,15-16,23-24H,12-14H2,1H3,(H,25,29)(H,26,30). The summed E-state index contributed by atoms with van der Waals surface area (Å²) < 4.78 is 1.64. The van der Waals surface area contributed by atoms with Gasteiger partial charge in [-0.05, 0) is 19.1 Å². The second-order valence-electron chi connectivity index (χ2n) is 7.43. The monoisotopic (exact) mass is 435 g/mol. The van der Waals surface area contributed by atoms with Gasteiger partial charge in [0.2, 0.25) is 11.8 Å². The van der Waals surface area contributed by atoms with Crippen molar-refractivity contribution < 1.29 is 9.59 Å². The van der Waals surface area contributed by atoms with Gasteiger partial charge in [-0.15, -0.1) is 11.8 Å². The third-order valence-electron chi connectivity index (χ3n) is 4.89. The van der Waals surface area contributed by atoms with Gasteiger partial charge in [-0.1, -0.05) is 48.5 Å². The van der Waals surface area contributed by atoms with E-state index in [2.05, 4.69) is 21.0 Å². The molecular formula is C23H25N5O2S. The first-order valence-corrected chi connectivity index (χ1v) is 11.2. The fourth-order valence-electron chi connectivity index (χ4n) is 3.41. The van der Waals surface area contributed by atoms with E-state index in [1.54, 1.807) is 16.4 Å². The third-order valence-corrected chi connectivity index (χ3v) is 5.90. The van der Waals surface area contributed by atoms with Gasteiger partial charge in [0.15, 0.2) is 6.29 Å². The van der Waals surface area contributed by atoms with Gasteiger partial charge in [0, 0.05) is 41.2 Å². The van der Waals surface area contributed by atoms with E-state index in [9.17, 15) is 9.59 Å². The molecule has 0 spiro atoms. The topological polar surface area (TPSA) is 88.1 Å². The number of hydrogen-bond donors (Lipinski definition) is 3. The summed E-state index contributed by atoms with van der Waals surface area (Å²) in [4.78, 5) is 25.8. The van der Waals surface area contributed by atoms with Gasteiger partial charge < -0.3 is 10.6 Å². The summed E-state index contributed by atoms with van der Waals surface area (Å²) in [5.41, 5.74) is 1.66. The third kappa shape index (κ3) is 5.53. The molecule has 1 aliphatic heterocycles. The van der Waals surface area contributed by atoms with E-state index in [4.69, 9.17) is 0 Å². The fraction of sp³-hybridized carbons (Fsp3) is 0.261. The lowest BCUT2D eigenvalue weighted by atomic mass is 10.1. The van der Waals surface area contributed by atoms with E-state index in [1.165, 1.54) is 0 Å². The summed E-state index contributed by atoms with van der Waals surface area (Å²) in [5, 5.41) is 13.9.